The van der Waals surface area contributed by atoms with Gasteiger partial charge in [0.1, 0.15) is 0 Å². The van der Waals surface area contributed by atoms with Crippen LogP contribution in [0.3, 0.4) is 0 Å². The van der Waals surface area contributed by atoms with E-state index in [2.05, 4.69) is 10.2 Å². The summed E-state index contributed by atoms with van der Waals surface area (Å²) in [4.78, 5) is 0. The standard InChI is InChI=1S/C18H16N2/c1-3-9-17(10-4-1)13-7-15-19-20-16-8-14-18-11-5-2-6-12-18/h1-16H/b13-7-,14-8-,19-15+,20-16+. The van der Waals surface area contributed by atoms with Crippen molar-refractivity contribution in [2.45, 2.75) is 0 Å². The van der Waals surface area contributed by atoms with Gasteiger partial charge in [0.15, 0.2) is 0 Å². The lowest BCUT2D eigenvalue weighted by molar-refractivity contribution is 1.27. The van der Waals surface area contributed by atoms with Crippen molar-refractivity contribution in [2.24, 2.45) is 10.2 Å². The molecule has 0 radical (unpaired) electrons. The van der Waals surface area contributed by atoms with Gasteiger partial charge in [0.25, 0.3) is 0 Å². The number of benzene rings is 2. The van der Waals surface area contributed by atoms with Gasteiger partial charge in [0, 0.05) is 12.4 Å². The van der Waals surface area contributed by atoms with Gasteiger partial charge in [-0.05, 0) is 23.3 Å². The Balaban J connectivity index is 1.77. The summed E-state index contributed by atoms with van der Waals surface area (Å²) < 4.78 is 0. The predicted molar refractivity (Wildman–Crippen MR) is 87.9 cm³/mol. The van der Waals surface area contributed by atoms with Crippen molar-refractivity contribution in [3.63, 3.8) is 0 Å². The summed E-state index contributed by atoms with van der Waals surface area (Å²) in [6, 6.07) is 20.2. The van der Waals surface area contributed by atoms with Crippen molar-refractivity contribution < 1.29 is 0 Å². The molecule has 2 heteroatoms. The van der Waals surface area contributed by atoms with Gasteiger partial charge in [0.05, 0.1) is 0 Å². The topological polar surface area (TPSA) is 24.7 Å². The van der Waals surface area contributed by atoms with Gasteiger partial charge >= 0.3 is 0 Å². The zero-order valence-electron chi connectivity index (χ0n) is 11.1. The maximum Gasteiger partial charge on any atom is 0.0495 e. The van der Waals surface area contributed by atoms with Crippen LogP contribution in [0.5, 0.6) is 0 Å². The van der Waals surface area contributed by atoms with Gasteiger partial charge in [0.2, 0.25) is 0 Å². The predicted octanol–water partition coefficient (Wildman–Crippen LogP) is 4.47. The van der Waals surface area contributed by atoms with E-state index in [1.54, 1.807) is 12.4 Å². The molecule has 0 saturated heterocycles. The summed E-state index contributed by atoms with van der Waals surface area (Å²) in [5.74, 6) is 0. The molecule has 0 N–H and O–H groups in total. The number of allylic oxidation sites excluding steroid dienone is 2. The summed E-state index contributed by atoms with van der Waals surface area (Å²) in [5, 5.41) is 7.85. The first-order chi connectivity index (χ1) is 9.95. The Morgan fingerprint density at radius 3 is 1.35 bits per heavy atom. The third-order valence-electron chi connectivity index (χ3n) is 2.55. The molecule has 2 aromatic rings. The first-order valence-electron chi connectivity index (χ1n) is 6.45. The summed E-state index contributed by atoms with van der Waals surface area (Å²) >= 11 is 0. The molecular weight excluding hydrogens is 244 g/mol. The lowest BCUT2D eigenvalue weighted by Gasteiger charge is -1.88. The van der Waals surface area contributed by atoms with E-state index in [-0.39, 0.29) is 0 Å². The first kappa shape index (κ1) is 13.7. The minimum atomic E-state index is 1.15. The highest BCUT2D eigenvalue weighted by molar-refractivity contribution is 5.81. The molecule has 0 unspecified atom stereocenters. The van der Waals surface area contributed by atoms with Crippen molar-refractivity contribution in [2.75, 3.05) is 0 Å². The highest BCUT2D eigenvalue weighted by atomic mass is 15.2. The van der Waals surface area contributed by atoms with Gasteiger partial charge in [-0.25, -0.2) is 0 Å². The van der Waals surface area contributed by atoms with Crippen molar-refractivity contribution >= 4 is 24.6 Å². The highest BCUT2D eigenvalue weighted by Crippen LogP contribution is 2.00. The fourth-order valence-corrected chi connectivity index (χ4v) is 1.59. The van der Waals surface area contributed by atoms with Gasteiger partial charge in [-0.2, -0.15) is 10.2 Å². The Morgan fingerprint density at radius 1 is 0.550 bits per heavy atom. The zero-order valence-corrected chi connectivity index (χ0v) is 11.1. The number of rotatable bonds is 5. The van der Waals surface area contributed by atoms with Gasteiger partial charge in [-0.1, -0.05) is 72.8 Å². The molecule has 0 bridgehead atoms. The molecule has 0 amide bonds. The van der Waals surface area contributed by atoms with Crippen LogP contribution in [0.1, 0.15) is 11.1 Å². The van der Waals surface area contributed by atoms with Crippen LogP contribution in [0.25, 0.3) is 12.2 Å². The first-order valence-corrected chi connectivity index (χ1v) is 6.45. The van der Waals surface area contributed by atoms with Crippen LogP contribution in [0.2, 0.25) is 0 Å². The monoisotopic (exact) mass is 260 g/mol. The van der Waals surface area contributed by atoms with E-state index < -0.39 is 0 Å². The Morgan fingerprint density at radius 2 is 0.950 bits per heavy atom. The van der Waals surface area contributed by atoms with E-state index in [1.807, 2.05) is 85.0 Å². The smallest absolute Gasteiger partial charge is 0.0495 e. The summed E-state index contributed by atoms with van der Waals surface area (Å²) in [6.45, 7) is 0. The molecule has 0 spiro atoms. The number of hydrogen-bond acceptors (Lipinski definition) is 2. The van der Waals surface area contributed by atoms with Crippen molar-refractivity contribution in [1.82, 2.24) is 0 Å². The van der Waals surface area contributed by atoms with E-state index in [4.69, 9.17) is 0 Å². The normalized spacial score (nSPS) is 12.2. The Labute approximate surface area is 119 Å². The quantitative estimate of drug-likeness (QED) is 0.559. The van der Waals surface area contributed by atoms with Crippen LogP contribution in [-0.2, 0) is 0 Å². The van der Waals surface area contributed by atoms with Crippen LogP contribution in [0.4, 0.5) is 0 Å². The maximum atomic E-state index is 3.92. The van der Waals surface area contributed by atoms with Crippen LogP contribution < -0.4 is 0 Å². The molecule has 0 heterocycles. The van der Waals surface area contributed by atoms with E-state index in [9.17, 15) is 0 Å². The Bertz CT molecular complexity index is 551. The van der Waals surface area contributed by atoms with Crippen LogP contribution in [-0.4, -0.2) is 12.4 Å². The zero-order chi connectivity index (χ0) is 13.9. The largest absolute Gasteiger partial charge is 0.159 e. The second-order valence-corrected chi connectivity index (χ2v) is 4.07. The molecule has 0 aromatic heterocycles. The van der Waals surface area contributed by atoms with E-state index in [0.29, 0.717) is 0 Å². The second-order valence-electron chi connectivity index (χ2n) is 4.07. The van der Waals surface area contributed by atoms with Gasteiger partial charge in [-0.15, -0.1) is 0 Å². The summed E-state index contributed by atoms with van der Waals surface area (Å²) in [5.41, 5.74) is 2.29. The fourth-order valence-electron chi connectivity index (χ4n) is 1.59. The van der Waals surface area contributed by atoms with Crippen LogP contribution >= 0.6 is 0 Å². The molecule has 20 heavy (non-hydrogen) atoms. The van der Waals surface area contributed by atoms with E-state index in [1.165, 1.54) is 0 Å². The summed E-state index contributed by atoms with van der Waals surface area (Å²) in [6.07, 6.45) is 11.0. The summed E-state index contributed by atoms with van der Waals surface area (Å²) in [7, 11) is 0. The maximum absolute atomic E-state index is 3.92. The molecule has 2 aromatic carbocycles. The molecule has 0 aliphatic rings. The van der Waals surface area contributed by atoms with Crippen LogP contribution in [0.15, 0.2) is 83.0 Å². The van der Waals surface area contributed by atoms with E-state index in [0.717, 1.165) is 11.1 Å². The highest BCUT2D eigenvalue weighted by Gasteiger charge is 1.80. The average Bonchev–Trinajstić information content (AvgIpc) is 2.52. The Kier molecular flexibility index (Phi) is 5.73. The molecule has 0 fully saturated rings. The van der Waals surface area contributed by atoms with Gasteiger partial charge < -0.3 is 0 Å². The number of hydrogen-bond donors (Lipinski definition) is 0. The molecule has 0 aliphatic carbocycles. The molecule has 0 aliphatic heterocycles. The molecule has 0 saturated carbocycles. The van der Waals surface area contributed by atoms with E-state index >= 15 is 0 Å². The molecule has 98 valence electrons. The minimum Gasteiger partial charge on any atom is -0.159 e. The fraction of sp³-hybridized carbons (Fsp3) is 0. The Hall–Kier alpha value is -2.74. The van der Waals surface area contributed by atoms with Crippen molar-refractivity contribution in [3.05, 3.63) is 83.9 Å². The molecule has 2 nitrogen and oxygen atoms in total. The van der Waals surface area contributed by atoms with Crippen molar-refractivity contribution in [1.29, 1.82) is 0 Å². The third kappa shape index (κ3) is 5.27. The lowest BCUT2D eigenvalue weighted by atomic mass is 10.2. The molecule has 0 atom stereocenters. The second kappa shape index (κ2) is 8.38. The molecule has 2 rings (SSSR count). The molecular formula is C18H16N2. The van der Waals surface area contributed by atoms with Crippen LogP contribution in [0, 0.1) is 0 Å². The van der Waals surface area contributed by atoms with Crippen molar-refractivity contribution in [3.8, 4) is 0 Å². The SMILES string of the molecule is C(=C/c1ccccc1)/C=N/N=C/C=C\c1ccccc1. The third-order valence-corrected chi connectivity index (χ3v) is 2.55. The van der Waals surface area contributed by atoms with Gasteiger partial charge in [-0.3, -0.25) is 0 Å². The number of nitrogens with zero attached hydrogens (tertiary/aromatic N) is 2. The minimum absolute atomic E-state index is 1.15. The lowest BCUT2D eigenvalue weighted by Crippen LogP contribution is -1.70. The average molecular weight is 260 g/mol.